The minimum Gasteiger partial charge on any atom is -0.490 e. The molecule has 0 saturated heterocycles. The fourth-order valence-electron chi connectivity index (χ4n) is 3.22. The Bertz CT molecular complexity index is 1240. The van der Waals surface area contributed by atoms with Gasteiger partial charge in [-0.05, 0) is 60.2 Å². The van der Waals surface area contributed by atoms with Crippen molar-refractivity contribution in [1.29, 1.82) is 5.41 Å². The van der Waals surface area contributed by atoms with Gasteiger partial charge in [-0.15, -0.1) is 0 Å². The molecule has 0 fully saturated rings. The van der Waals surface area contributed by atoms with Crippen LogP contribution >= 0.6 is 23.4 Å². The molecule has 1 amide bonds. The van der Waals surface area contributed by atoms with E-state index in [0.717, 1.165) is 10.6 Å². The largest absolute Gasteiger partial charge is 0.490 e. The lowest BCUT2D eigenvalue weighted by molar-refractivity contribution is -0.114. The molecular formula is C24H22ClFN4O3S. The monoisotopic (exact) mass is 500 g/mol. The Balaban J connectivity index is 1.62. The highest BCUT2D eigenvalue weighted by Gasteiger charge is 2.36. The van der Waals surface area contributed by atoms with Crippen LogP contribution in [0, 0.1) is 17.1 Å². The summed E-state index contributed by atoms with van der Waals surface area (Å²) in [4.78, 5) is 16.8. The minimum atomic E-state index is -0.519. The average Bonchev–Trinajstić information content (AvgIpc) is 3.22. The van der Waals surface area contributed by atoms with E-state index in [0.29, 0.717) is 28.8 Å². The summed E-state index contributed by atoms with van der Waals surface area (Å²) in [6, 6.07) is 9.27. The molecule has 0 bridgehead atoms. The zero-order chi connectivity index (χ0) is 24.4. The summed E-state index contributed by atoms with van der Waals surface area (Å²) in [5, 5.41) is 15.8. The fraction of sp³-hybridized carbons (Fsp3) is 0.250. The number of thioether (sulfide) groups is 1. The molecule has 4 rings (SSSR count). The summed E-state index contributed by atoms with van der Waals surface area (Å²) in [6.45, 7) is 6.34. The number of hydrazone groups is 1. The molecule has 10 heteroatoms. The molecule has 2 aromatic carbocycles. The summed E-state index contributed by atoms with van der Waals surface area (Å²) in [6.07, 6.45) is 1.54. The molecule has 34 heavy (non-hydrogen) atoms. The van der Waals surface area contributed by atoms with Gasteiger partial charge in [0.05, 0.1) is 17.2 Å². The lowest BCUT2D eigenvalue weighted by Gasteiger charge is -2.20. The van der Waals surface area contributed by atoms with E-state index < -0.39 is 5.91 Å². The molecule has 2 aromatic rings. The lowest BCUT2D eigenvalue weighted by Crippen LogP contribution is -2.35. The van der Waals surface area contributed by atoms with Crippen LogP contribution in [0.15, 0.2) is 52.1 Å². The van der Waals surface area contributed by atoms with Gasteiger partial charge in [-0.25, -0.2) is 4.39 Å². The van der Waals surface area contributed by atoms with Gasteiger partial charge in [0.2, 0.25) is 5.17 Å². The summed E-state index contributed by atoms with van der Waals surface area (Å²) in [5.41, 5.74) is 1.41. The van der Waals surface area contributed by atoms with E-state index in [-0.39, 0.29) is 34.8 Å². The van der Waals surface area contributed by atoms with Crippen molar-refractivity contribution in [2.24, 2.45) is 16.0 Å². The van der Waals surface area contributed by atoms with Gasteiger partial charge >= 0.3 is 0 Å². The van der Waals surface area contributed by atoms with Gasteiger partial charge in [-0.2, -0.15) is 15.1 Å². The minimum absolute atomic E-state index is 0.0520. The van der Waals surface area contributed by atoms with Crippen molar-refractivity contribution >= 4 is 51.4 Å². The lowest BCUT2D eigenvalue weighted by atomic mass is 10.1. The number of ether oxygens (including phenoxy) is 2. The number of amides is 1. The Kier molecular flexibility index (Phi) is 7.04. The molecule has 176 valence electrons. The van der Waals surface area contributed by atoms with Crippen molar-refractivity contribution in [3.05, 3.63) is 63.9 Å². The first-order valence-corrected chi connectivity index (χ1v) is 11.8. The van der Waals surface area contributed by atoms with Crippen molar-refractivity contribution in [2.75, 3.05) is 6.61 Å². The van der Waals surface area contributed by atoms with Gasteiger partial charge in [0.25, 0.3) is 5.91 Å². The average molecular weight is 501 g/mol. The van der Waals surface area contributed by atoms with Crippen molar-refractivity contribution in [2.45, 2.75) is 27.4 Å². The predicted octanol–water partition coefficient (Wildman–Crippen LogP) is 5.73. The van der Waals surface area contributed by atoms with Crippen molar-refractivity contribution in [3.8, 4) is 11.5 Å². The SMILES string of the molecule is CCOc1cc(C=C2C(=N)N3N=C(C(C)C)SC3=NC2=O)cc(Cl)c1OCc1ccc(F)cc1. The molecule has 7 nitrogen and oxygen atoms in total. The molecule has 2 aliphatic rings. The smallest absolute Gasteiger partial charge is 0.283 e. The highest BCUT2D eigenvalue weighted by molar-refractivity contribution is 8.27. The van der Waals surface area contributed by atoms with Crippen LogP contribution in [-0.4, -0.2) is 33.6 Å². The Morgan fingerprint density at radius 2 is 1.97 bits per heavy atom. The van der Waals surface area contributed by atoms with E-state index >= 15 is 0 Å². The number of nitrogens with one attached hydrogen (secondary N) is 1. The van der Waals surface area contributed by atoms with E-state index in [1.54, 1.807) is 24.3 Å². The Morgan fingerprint density at radius 3 is 2.65 bits per heavy atom. The third-order valence-corrected chi connectivity index (χ3v) is 6.39. The summed E-state index contributed by atoms with van der Waals surface area (Å²) < 4.78 is 24.7. The second-order valence-corrected chi connectivity index (χ2v) is 9.19. The first-order chi connectivity index (χ1) is 16.3. The maximum absolute atomic E-state index is 13.2. The second kappa shape index (κ2) is 9.99. The molecule has 0 atom stereocenters. The number of carbonyl (C=O) groups is 1. The molecule has 2 heterocycles. The summed E-state index contributed by atoms with van der Waals surface area (Å²) in [5.74, 6) is -0.0171. The first-order valence-electron chi connectivity index (χ1n) is 10.6. The second-order valence-electron chi connectivity index (χ2n) is 7.79. The zero-order valence-electron chi connectivity index (χ0n) is 18.8. The van der Waals surface area contributed by atoms with Gasteiger partial charge in [0.15, 0.2) is 17.3 Å². The Hall–Kier alpha value is -3.17. The zero-order valence-corrected chi connectivity index (χ0v) is 20.3. The van der Waals surface area contributed by atoms with Crippen LogP contribution in [-0.2, 0) is 11.4 Å². The summed E-state index contributed by atoms with van der Waals surface area (Å²) in [7, 11) is 0. The van der Waals surface area contributed by atoms with Crippen LogP contribution in [0.4, 0.5) is 4.39 Å². The molecule has 0 spiro atoms. The maximum Gasteiger partial charge on any atom is 0.283 e. The van der Waals surface area contributed by atoms with Gasteiger partial charge in [-0.1, -0.05) is 37.6 Å². The van der Waals surface area contributed by atoms with E-state index in [9.17, 15) is 9.18 Å². The molecule has 0 aliphatic carbocycles. The normalized spacial score (nSPS) is 16.6. The maximum atomic E-state index is 13.2. The Labute approximate surface area is 205 Å². The molecule has 0 radical (unpaired) electrons. The third kappa shape index (κ3) is 5.00. The molecule has 0 aromatic heterocycles. The van der Waals surface area contributed by atoms with E-state index in [2.05, 4.69) is 10.1 Å². The van der Waals surface area contributed by atoms with Gasteiger partial charge in [-0.3, -0.25) is 10.2 Å². The van der Waals surface area contributed by atoms with E-state index in [4.69, 9.17) is 26.5 Å². The number of amidine groups is 2. The van der Waals surface area contributed by atoms with Crippen LogP contribution in [0.25, 0.3) is 6.08 Å². The van der Waals surface area contributed by atoms with Crippen molar-refractivity contribution in [3.63, 3.8) is 0 Å². The number of hydrogen-bond donors (Lipinski definition) is 1. The number of carbonyl (C=O) groups excluding carboxylic acids is 1. The number of hydrogen-bond acceptors (Lipinski definition) is 6. The van der Waals surface area contributed by atoms with Crippen LogP contribution in [0.1, 0.15) is 31.9 Å². The molecule has 0 saturated carbocycles. The summed E-state index contributed by atoms with van der Waals surface area (Å²) >= 11 is 7.79. The van der Waals surface area contributed by atoms with Crippen LogP contribution in [0.5, 0.6) is 11.5 Å². The number of benzene rings is 2. The number of aliphatic imine (C=N–C) groups is 1. The molecule has 1 N–H and O–H groups in total. The quantitative estimate of drug-likeness (QED) is 0.490. The first kappa shape index (κ1) is 24.0. The van der Waals surface area contributed by atoms with Gasteiger partial charge in [0, 0.05) is 5.92 Å². The van der Waals surface area contributed by atoms with Gasteiger partial charge in [0.1, 0.15) is 17.5 Å². The van der Waals surface area contributed by atoms with Crippen LogP contribution in [0.3, 0.4) is 0 Å². The molecule has 0 unspecified atom stereocenters. The number of nitrogens with zero attached hydrogens (tertiary/aromatic N) is 3. The van der Waals surface area contributed by atoms with Gasteiger partial charge < -0.3 is 9.47 Å². The fourth-order valence-corrected chi connectivity index (χ4v) is 4.38. The number of rotatable bonds is 7. The third-order valence-electron chi connectivity index (χ3n) is 4.90. The number of fused-ring (bicyclic) bond motifs is 1. The van der Waals surface area contributed by atoms with Crippen LogP contribution < -0.4 is 9.47 Å². The Morgan fingerprint density at radius 1 is 1.24 bits per heavy atom. The predicted molar refractivity (Wildman–Crippen MR) is 133 cm³/mol. The standard InChI is InChI=1S/C24H22ClFN4O3S/c1-4-32-19-11-15(10-18(25)20(19)33-12-14-5-7-16(26)8-6-14)9-17-21(27)30-24(28-22(17)31)34-23(29-30)13(2)3/h5-11,13,27H,4,12H2,1-3H3. The highest BCUT2D eigenvalue weighted by Crippen LogP contribution is 2.38. The topological polar surface area (TPSA) is 87.3 Å². The molecule has 2 aliphatic heterocycles. The van der Waals surface area contributed by atoms with Crippen molar-refractivity contribution in [1.82, 2.24) is 5.01 Å². The van der Waals surface area contributed by atoms with E-state index in [1.807, 2.05) is 20.8 Å². The highest BCUT2D eigenvalue weighted by atomic mass is 35.5. The van der Waals surface area contributed by atoms with Crippen molar-refractivity contribution < 1.29 is 18.7 Å². The van der Waals surface area contributed by atoms with Crippen LogP contribution in [0.2, 0.25) is 5.02 Å². The van der Waals surface area contributed by atoms with E-state index in [1.165, 1.54) is 35.0 Å². The molecular weight excluding hydrogens is 479 g/mol. The number of halogens is 2.